The molecule has 1 atom stereocenters. The van der Waals surface area contributed by atoms with Gasteiger partial charge in [0.25, 0.3) is 0 Å². The SMILES string of the molecule is COCCOCC(O)COc1cc(C#N)ccc1C. The predicted molar refractivity (Wildman–Crippen MR) is 70.1 cm³/mol. The second-order valence-electron chi connectivity index (χ2n) is 4.12. The van der Waals surface area contributed by atoms with E-state index in [-0.39, 0.29) is 13.2 Å². The summed E-state index contributed by atoms with van der Waals surface area (Å²) >= 11 is 0. The molecule has 5 nitrogen and oxygen atoms in total. The summed E-state index contributed by atoms with van der Waals surface area (Å²) in [5, 5.41) is 18.5. The fourth-order valence-corrected chi connectivity index (χ4v) is 1.42. The zero-order valence-corrected chi connectivity index (χ0v) is 11.3. The van der Waals surface area contributed by atoms with Gasteiger partial charge in [0, 0.05) is 7.11 Å². The monoisotopic (exact) mass is 265 g/mol. The number of rotatable bonds is 8. The molecule has 0 heterocycles. The van der Waals surface area contributed by atoms with Crippen LogP contribution in [-0.4, -0.2) is 44.7 Å². The maximum Gasteiger partial charge on any atom is 0.123 e. The van der Waals surface area contributed by atoms with Crippen LogP contribution in [-0.2, 0) is 9.47 Å². The smallest absolute Gasteiger partial charge is 0.123 e. The van der Waals surface area contributed by atoms with Crippen LogP contribution in [0, 0.1) is 18.3 Å². The number of aryl methyl sites for hydroxylation is 1. The molecule has 0 amide bonds. The van der Waals surface area contributed by atoms with E-state index >= 15 is 0 Å². The number of aliphatic hydroxyl groups is 1. The van der Waals surface area contributed by atoms with Crippen molar-refractivity contribution >= 4 is 0 Å². The number of benzene rings is 1. The summed E-state index contributed by atoms with van der Waals surface area (Å²) in [5.74, 6) is 0.606. The van der Waals surface area contributed by atoms with Crippen LogP contribution in [0.4, 0.5) is 0 Å². The van der Waals surface area contributed by atoms with Crippen molar-refractivity contribution in [1.82, 2.24) is 0 Å². The maximum atomic E-state index is 9.67. The standard InChI is InChI=1S/C14H19NO4/c1-11-3-4-12(8-15)7-14(11)19-10-13(16)9-18-6-5-17-2/h3-4,7,13,16H,5-6,9-10H2,1-2H3. The van der Waals surface area contributed by atoms with E-state index in [9.17, 15) is 5.11 Å². The molecule has 19 heavy (non-hydrogen) atoms. The molecule has 1 unspecified atom stereocenters. The minimum atomic E-state index is -0.706. The summed E-state index contributed by atoms with van der Waals surface area (Å²) in [5.41, 5.74) is 1.46. The number of methoxy groups -OCH3 is 1. The van der Waals surface area contributed by atoms with Crippen molar-refractivity contribution in [2.75, 3.05) is 33.5 Å². The highest BCUT2D eigenvalue weighted by atomic mass is 16.5. The molecule has 104 valence electrons. The lowest BCUT2D eigenvalue weighted by Crippen LogP contribution is -2.24. The Kier molecular flexibility index (Phi) is 6.90. The summed E-state index contributed by atoms with van der Waals surface area (Å²) < 4.78 is 15.5. The van der Waals surface area contributed by atoms with Crippen LogP contribution in [0.3, 0.4) is 0 Å². The lowest BCUT2D eigenvalue weighted by Gasteiger charge is -2.14. The van der Waals surface area contributed by atoms with Crippen LogP contribution in [0.25, 0.3) is 0 Å². The molecule has 0 aliphatic heterocycles. The minimum Gasteiger partial charge on any atom is -0.490 e. The van der Waals surface area contributed by atoms with E-state index in [1.54, 1.807) is 19.2 Å². The molecule has 0 saturated heterocycles. The van der Waals surface area contributed by atoms with Gasteiger partial charge in [0.2, 0.25) is 0 Å². The van der Waals surface area contributed by atoms with Gasteiger partial charge < -0.3 is 19.3 Å². The molecule has 0 aliphatic rings. The number of nitrogens with zero attached hydrogens (tertiary/aromatic N) is 1. The van der Waals surface area contributed by atoms with Crippen LogP contribution in [0.15, 0.2) is 18.2 Å². The van der Waals surface area contributed by atoms with Crippen molar-refractivity contribution in [2.24, 2.45) is 0 Å². The van der Waals surface area contributed by atoms with Gasteiger partial charge in [-0.05, 0) is 24.6 Å². The van der Waals surface area contributed by atoms with E-state index in [2.05, 4.69) is 0 Å². The predicted octanol–water partition coefficient (Wildman–Crippen LogP) is 1.27. The molecule has 1 aromatic carbocycles. The molecule has 0 aliphatic carbocycles. The van der Waals surface area contributed by atoms with Crippen LogP contribution in [0.2, 0.25) is 0 Å². The highest BCUT2D eigenvalue weighted by molar-refractivity contribution is 5.41. The third-order valence-electron chi connectivity index (χ3n) is 2.49. The molecule has 1 aromatic rings. The van der Waals surface area contributed by atoms with Crippen LogP contribution < -0.4 is 4.74 Å². The van der Waals surface area contributed by atoms with Crippen LogP contribution >= 0.6 is 0 Å². The molecule has 0 spiro atoms. The zero-order valence-electron chi connectivity index (χ0n) is 11.3. The molecule has 0 aromatic heterocycles. The molecule has 0 bridgehead atoms. The number of nitriles is 1. The van der Waals surface area contributed by atoms with E-state index in [1.807, 2.05) is 19.1 Å². The highest BCUT2D eigenvalue weighted by Gasteiger charge is 2.07. The first kappa shape index (κ1) is 15.4. The summed E-state index contributed by atoms with van der Waals surface area (Å²) in [4.78, 5) is 0. The van der Waals surface area contributed by atoms with Gasteiger partial charge in [0.15, 0.2) is 0 Å². The molecule has 0 radical (unpaired) electrons. The van der Waals surface area contributed by atoms with E-state index in [0.29, 0.717) is 24.5 Å². The van der Waals surface area contributed by atoms with Gasteiger partial charge in [-0.25, -0.2) is 0 Å². The quantitative estimate of drug-likeness (QED) is 0.717. The van der Waals surface area contributed by atoms with E-state index in [1.165, 1.54) is 0 Å². The largest absolute Gasteiger partial charge is 0.490 e. The third-order valence-corrected chi connectivity index (χ3v) is 2.49. The van der Waals surface area contributed by atoms with Gasteiger partial charge >= 0.3 is 0 Å². The fourth-order valence-electron chi connectivity index (χ4n) is 1.42. The summed E-state index contributed by atoms with van der Waals surface area (Å²) in [6, 6.07) is 7.25. The molecule has 1 N–H and O–H groups in total. The Morgan fingerprint density at radius 3 is 2.79 bits per heavy atom. The molecule has 5 heteroatoms. The maximum absolute atomic E-state index is 9.67. The third kappa shape index (κ3) is 5.71. The van der Waals surface area contributed by atoms with Gasteiger partial charge in [0.05, 0.1) is 31.5 Å². The molecule has 1 rings (SSSR count). The van der Waals surface area contributed by atoms with Gasteiger partial charge in [-0.1, -0.05) is 6.07 Å². The van der Waals surface area contributed by atoms with Crippen LogP contribution in [0.1, 0.15) is 11.1 Å². The number of hydrogen-bond acceptors (Lipinski definition) is 5. The van der Waals surface area contributed by atoms with Gasteiger partial charge in [-0.2, -0.15) is 5.26 Å². The average molecular weight is 265 g/mol. The Morgan fingerprint density at radius 1 is 1.32 bits per heavy atom. The lowest BCUT2D eigenvalue weighted by molar-refractivity contribution is -0.00428. The van der Waals surface area contributed by atoms with E-state index < -0.39 is 6.10 Å². The van der Waals surface area contributed by atoms with Crippen molar-refractivity contribution in [3.05, 3.63) is 29.3 Å². The van der Waals surface area contributed by atoms with Gasteiger partial charge in [0.1, 0.15) is 18.5 Å². The Balaban J connectivity index is 2.37. The summed E-state index contributed by atoms with van der Waals surface area (Å²) in [7, 11) is 1.59. The Bertz CT molecular complexity index is 428. The lowest BCUT2D eigenvalue weighted by atomic mass is 10.1. The van der Waals surface area contributed by atoms with Gasteiger partial charge in [-0.15, -0.1) is 0 Å². The Hall–Kier alpha value is -1.61. The minimum absolute atomic E-state index is 0.128. The van der Waals surface area contributed by atoms with Gasteiger partial charge in [-0.3, -0.25) is 0 Å². The van der Waals surface area contributed by atoms with Crippen molar-refractivity contribution in [2.45, 2.75) is 13.0 Å². The Labute approximate surface area is 113 Å². The first-order valence-corrected chi connectivity index (χ1v) is 6.05. The number of aliphatic hydroxyl groups excluding tert-OH is 1. The summed E-state index contributed by atoms with van der Waals surface area (Å²) in [6.45, 7) is 3.15. The molecular weight excluding hydrogens is 246 g/mol. The highest BCUT2D eigenvalue weighted by Crippen LogP contribution is 2.19. The zero-order chi connectivity index (χ0) is 14.1. The topological polar surface area (TPSA) is 71.7 Å². The van der Waals surface area contributed by atoms with E-state index in [4.69, 9.17) is 19.5 Å². The molecular formula is C14H19NO4. The van der Waals surface area contributed by atoms with Crippen molar-refractivity contribution in [3.63, 3.8) is 0 Å². The molecule has 0 saturated carbocycles. The summed E-state index contributed by atoms with van der Waals surface area (Å²) in [6.07, 6.45) is -0.706. The second kappa shape index (κ2) is 8.48. The first-order valence-electron chi connectivity index (χ1n) is 6.05. The van der Waals surface area contributed by atoms with Crippen molar-refractivity contribution in [3.8, 4) is 11.8 Å². The molecule has 0 fully saturated rings. The average Bonchev–Trinajstić information content (AvgIpc) is 2.43. The van der Waals surface area contributed by atoms with Crippen molar-refractivity contribution in [1.29, 1.82) is 5.26 Å². The first-order chi connectivity index (χ1) is 9.17. The number of ether oxygens (including phenoxy) is 3. The normalized spacial score (nSPS) is 11.9. The fraction of sp³-hybridized carbons (Fsp3) is 0.500. The number of hydrogen-bond donors (Lipinski definition) is 1. The Morgan fingerprint density at radius 2 is 2.11 bits per heavy atom. The van der Waals surface area contributed by atoms with E-state index in [0.717, 1.165) is 5.56 Å². The van der Waals surface area contributed by atoms with Crippen molar-refractivity contribution < 1.29 is 19.3 Å². The second-order valence-corrected chi connectivity index (χ2v) is 4.12. The van der Waals surface area contributed by atoms with Crippen LogP contribution in [0.5, 0.6) is 5.75 Å².